The number of piperidine rings is 1. The number of rotatable bonds is 8. The van der Waals surface area contributed by atoms with E-state index in [-0.39, 0.29) is 17.5 Å². The minimum absolute atomic E-state index is 0.131. The van der Waals surface area contributed by atoms with E-state index in [1.165, 1.54) is 0 Å². The van der Waals surface area contributed by atoms with Gasteiger partial charge in [-0.05, 0) is 63.4 Å². The van der Waals surface area contributed by atoms with E-state index in [1.54, 1.807) is 23.1 Å². The second-order valence-electron chi connectivity index (χ2n) is 9.95. The lowest BCUT2D eigenvalue weighted by atomic mass is 9.96. The van der Waals surface area contributed by atoms with Crippen molar-refractivity contribution in [1.82, 2.24) is 20.2 Å². The molecule has 2 aromatic rings. The third-order valence-electron chi connectivity index (χ3n) is 6.93. The number of hydrogen-bond donors (Lipinski definition) is 1. The van der Waals surface area contributed by atoms with Crippen LogP contribution in [0.3, 0.4) is 0 Å². The summed E-state index contributed by atoms with van der Waals surface area (Å²) in [6, 6.07) is 10.2. The first-order chi connectivity index (χ1) is 17.6. The van der Waals surface area contributed by atoms with Crippen LogP contribution in [0.1, 0.15) is 36.2 Å². The fraction of sp³-hybridized carbons (Fsp3) is 0.538. The van der Waals surface area contributed by atoms with Crippen LogP contribution in [0.2, 0.25) is 0 Å². The molecule has 0 saturated carbocycles. The normalized spacial score (nSPS) is 18.5. The number of anilines is 2. The van der Waals surface area contributed by atoms with E-state index in [9.17, 15) is 18.0 Å². The SMILES string of the molecule is CN(C)CC1CCN(c2cc(N3CC[C@H]3C(=O)NCCc3ccc(C#N)cc3)nc(C(F)(F)F)n2)CC1. The molecule has 2 aliphatic rings. The fourth-order valence-electron chi connectivity index (χ4n) is 4.85. The number of carbonyl (C=O) groups excluding carboxylic acids is 1. The Hall–Kier alpha value is -3.39. The molecule has 1 aromatic heterocycles. The maximum absolute atomic E-state index is 13.7. The highest BCUT2D eigenvalue weighted by Gasteiger charge is 2.40. The molecule has 0 radical (unpaired) electrons. The summed E-state index contributed by atoms with van der Waals surface area (Å²) in [7, 11) is 4.04. The summed E-state index contributed by atoms with van der Waals surface area (Å²) in [6.45, 7) is 3.05. The average molecular weight is 516 g/mol. The van der Waals surface area contributed by atoms with Gasteiger partial charge < -0.3 is 20.0 Å². The zero-order valence-electron chi connectivity index (χ0n) is 21.1. The summed E-state index contributed by atoms with van der Waals surface area (Å²) in [4.78, 5) is 26.1. The van der Waals surface area contributed by atoms with Gasteiger partial charge >= 0.3 is 6.18 Å². The molecule has 3 heterocycles. The molecule has 0 spiro atoms. The van der Waals surface area contributed by atoms with Gasteiger partial charge in [-0.3, -0.25) is 4.79 Å². The third-order valence-corrected chi connectivity index (χ3v) is 6.93. The van der Waals surface area contributed by atoms with Gasteiger partial charge in [0.2, 0.25) is 11.7 Å². The summed E-state index contributed by atoms with van der Waals surface area (Å²) in [5, 5.41) is 11.8. The van der Waals surface area contributed by atoms with Crippen LogP contribution in [0.4, 0.5) is 24.8 Å². The summed E-state index contributed by atoms with van der Waals surface area (Å²) in [5.74, 6) is -0.526. The van der Waals surface area contributed by atoms with Gasteiger partial charge in [0.15, 0.2) is 0 Å². The monoisotopic (exact) mass is 515 g/mol. The van der Waals surface area contributed by atoms with Crippen molar-refractivity contribution in [2.45, 2.75) is 37.9 Å². The number of halogens is 3. The van der Waals surface area contributed by atoms with Gasteiger partial charge in [-0.2, -0.15) is 18.4 Å². The maximum atomic E-state index is 13.7. The van der Waals surface area contributed by atoms with Crippen LogP contribution in [0.5, 0.6) is 0 Å². The second kappa shape index (κ2) is 11.3. The van der Waals surface area contributed by atoms with Crippen molar-refractivity contribution in [3.8, 4) is 6.07 Å². The zero-order valence-corrected chi connectivity index (χ0v) is 21.1. The topological polar surface area (TPSA) is 88.4 Å². The smallest absolute Gasteiger partial charge is 0.356 e. The van der Waals surface area contributed by atoms with Crippen molar-refractivity contribution in [3.05, 3.63) is 47.3 Å². The van der Waals surface area contributed by atoms with Gasteiger partial charge in [0, 0.05) is 38.8 Å². The van der Waals surface area contributed by atoms with Crippen molar-refractivity contribution < 1.29 is 18.0 Å². The lowest BCUT2D eigenvalue weighted by molar-refractivity contribution is -0.144. The predicted molar refractivity (Wildman–Crippen MR) is 134 cm³/mol. The molecule has 8 nitrogen and oxygen atoms in total. The van der Waals surface area contributed by atoms with E-state index in [2.05, 4.69) is 26.3 Å². The summed E-state index contributed by atoms with van der Waals surface area (Å²) >= 11 is 0. The Kier molecular flexibility index (Phi) is 8.17. The van der Waals surface area contributed by atoms with Crippen LogP contribution in [-0.2, 0) is 17.4 Å². The minimum atomic E-state index is -4.68. The van der Waals surface area contributed by atoms with Crippen LogP contribution >= 0.6 is 0 Å². The van der Waals surface area contributed by atoms with Crippen molar-refractivity contribution >= 4 is 17.5 Å². The van der Waals surface area contributed by atoms with E-state index >= 15 is 0 Å². The zero-order chi connectivity index (χ0) is 26.6. The van der Waals surface area contributed by atoms with Crippen LogP contribution < -0.4 is 15.1 Å². The van der Waals surface area contributed by atoms with Crippen molar-refractivity contribution in [1.29, 1.82) is 5.26 Å². The Labute approximate surface area is 215 Å². The number of amides is 1. The Morgan fingerprint density at radius 1 is 1.11 bits per heavy atom. The first-order valence-electron chi connectivity index (χ1n) is 12.5. The Morgan fingerprint density at radius 3 is 2.35 bits per heavy atom. The standard InChI is InChI=1S/C26H32F3N7O/c1-34(2)17-20-8-12-35(13-9-20)22-15-23(33-25(32-22)26(27,28)29)36-14-10-21(36)24(37)31-11-7-18-3-5-19(16-30)6-4-18/h3-6,15,20-21H,7-14,17H2,1-2H3,(H,31,37)/t21-/m0/s1. The fourth-order valence-corrected chi connectivity index (χ4v) is 4.85. The highest BCUT2D eigenvalue weighted by Crippen LogP contribution is 2.34. The van der Waals surface area contributed by atoms with Crippen LogP contribution in [0, 0.1) is 17.2 Å². The molecule has 198 valence electrons. The molecule has 2 aliphatic heterocycles. The maximum Gasteiger partial charge on any atom is 0.451 e. The molecular weight excluding hydrogens is 483 g/mol. The summed E-state index contributed by atoms with van der Waals surface area (Å²) < 4.78 is 41.0. The molecule has 1 N–H and O–H groups in total. The number of alkyl halides is 3. The van der Waals surface area contributed by atoms with Gasteiger partial charge in [-0.25, -0.2) is 9.97 Å². The average Bonchev–Trinajstić information content (AvgIpc) is 2.83. The van der Waals surface area contributed by atoms with Crippen molar-refractivity contribution in [3.63, 3.8) is 0 Å². The van der Waals surface area contributed by atoms with Gasteiger partial charge in [0.25, 0.3) is 0 Å². The number of benzene rings is 1. The van der Waals surface area contributed by atoms with E-state index < -0.39 is 18.0 Å². The largest absolute Gasteiger partial charge is 0.451 e. The van der Waals surface area contributed by atoms with Crippen LogP contribution in [-0.4, -0.2) is 73.6 Å². The van der Waals surface area contributed by atoms with Gasteiger partial charge in [-0.15, -0.1) is 0 Å². The van der Waals surface area contributed by atoms with E-state index in [0.29, 0.717) is 50.5 Å². The number of nitrogens with one attached hydrogen (secondary N) is 1. The minimum Gasteiger partial charge on any atom is -0.356 e. The van der Waals surface area contributed by atoms with Gasteiger partial charge in [0.05, 0.1) is 11.6 Å². The molecule has 11 heteroatoms. The molecule has 2 saturated heterocycles. The lowest BCUT2D eigenvalue weighted by Gasteiger charge is -2.41. The number of hydrogen-bond acceptors (Lipinski definition) is 7. The Balaban J connectivity index is 1.42. The number of nitriles is 1. The van der Waals surface area contributed by atoms with E-state index in [0.717, 1.165) is 24.9 Å². The summed E-state index contributed by atoms with van der Waals surface area (Å²) in [6.07, 6.45) is -1.79. The highest BCUT2D eigenvalue weighted by molar-refractivity contribution is 5.86. The quantitative estimate of drug-likeness (QED) is 0.578. The van der Waals surface area contributed by atoms with Crippen LogP contribution in [0.15, 0.2) is 30.3 Å². The van der Waals surface area contributed by atoms with Crippen LogP contribution in [0.25, 0.3) is 0 Å². The molecule has 1 amide bonds. The number of aromatic nitrogens is 2. The van der Waals surface area contributed by atoms with Gasteiger partial charge in [0.1, 0.15) is 17.7 Å². The van der Waals surface area contributed by atoms with E-state index in [4.69, 9.17) is 5.26 Å². The third kappa shape index (κ3) is 6.68. The predicted octanol–water partition coefficient (Wildman–Crippen LogP) is 3.08. The Morgan fingerprint density at radius 2 is 1.78 bits per heavy atom. The highest BCUT2D eigenvalue weighted by atomic mass is 19.4. The molecule has 0 bridgehead atoms. The van der Waals surface area contributed by atoms with Crippen molar-refractivity contribution in [2.75, 3.05) is 56.6 Å². The lowest BCUT2D eigenvalue weighted by Crippen LogP contribution is -2.57. The number of nitrogens with zero attached hydrogens (tertiary/aromatic N) is 6. The van der Waals surface area contributed by atoms with E-state index in [1.807, 2.05) is 31.1 Å². The second-order valence-corrected chi connectivity index (χ2v) is 9.95. The summed E-state index contributed by atoms with van der Waals surface area (Å²) in [5.41, 5.74) is 1.55. The molecular formula is C26H32F3N7O. The molecule has 2 fully saturated rings. The molecule has 0 aliphatic carbocycles. The van der Waals surface area contributed by atoms with Gasteiger partial charge in [-0.1, -0.05) is 12.1 Å². The molecule has 1 aromatic carbocycles. The first-order valence-corrected chi connectivity index (χ1v) is 12.5. The molecule has 0 unspecified atom stereocenters. The number of carbonyl (C=O) groups is 1. The molecule has 4 rings (SSSR count). The first kappa shape index (κ1) is 26.7. The molecule has 1 atom stereocenters. The van der Waals surface area contributed by atoms with Crippen molar-refractivity contribution in [2.24, 2.45) is 5.92 Å². The Bertz CT molecular complexity index is 1120. The molecule has 37 heavy (non-hydrogen) atoms.